The number of nitrogens with two attached hydrogens (primary N) is 1. The Labute approximate surface area is 318 Å². The average Bonchev–Trinajstić information content (AvgIpc) is 3.70. The molecule has 22 heteroatoms. The molecule has 4 saturated heterocycles. The number of carbonyl (C=O) groups excluding carboxylic acids is 2. The van der Waals surface area contributed by atoms with Gasteiger partial charge in [-0.25, -0.2) is 19.4 Å². The standard InChI is InChI=1S/C32H35ClN8O11S2/c1-32(2,29(49)50)52-37-19(14-11-53-30(34)35-14)24(44)36-20-26(46)40-21(28(47)48)13-10-41(6-4-12(9-41)23(13)54-27(20)40)7-5-39-25(45)17-15(38(3)31(39)51)8-16(42)22(43)18(17)33/h8,11-13,20-21,23,27H,4-7,9-10H2,1-3H3,(H6-,34,35,36,37,42,43,44,45,47,48,49,50)/p+1/t12?,13?,20-,21?,23+,27-,41?/m1/s1. The molecule has 7 rings (SSSR count). The zero-order valence-corrected chi connectivity index (χ0v) is 31.4. The van der Waals surface area contributed by atoms with Gasteiger partial charge in [0.2, 0.25) is 11.5 Å². The number of fused-ring (bicyclic) bond motifs is 6. The third-order valence-electron chi connectivity index (χ3n) is 10.9. The number of nitrogens with zero attached hydrogens (tertiary/aromatic N) is 6. The molecular weight excluding hydrogens is 772 g/mol. The van der Waals surface area contributed by atoms with Crippen LogP contribution in [0.3, 0.4) is 0 Å². The highest BCUT2D eigenvalue weighted by Crippen LogP contribution is 2.53. The molecule has 288 valence electrons. The molecule has 2 bridgehead atoms. The summed E-state index contributed by atoms with van der Waals surface area (Å²) in [5, 5.41) is 46.7. The van der Waals surface area contributed by atoms with Gasteiger partial charge in [-0.2, -0.15) is 0 Å². The normalized spacial score (nSPS) is 27.6. The minimum absolute atomic E-state index is 0.00344. The van der Waals surface area contributed by atoms with Gasteiger partial charge in [0.15, 0.2) is 22.3 Å². The highest BCUT2D eigenvalue weighted by atomic mass is 35.5. The van der Waals surface area contributed by atoms with Crippen LogP contribution in [0, 0.1) is 11.8 Å². The van der Waals surface area contributed by atoms with E-state index in [-0.39, 0.29) is 44.5 Å². The molecule has 0 saturated carbocycles. The quantitative estimate of drug-likeness (QED) is 0.0509. The highest BCUT2D eigenvalue weighted by molar-refractivity contribution is 8.00. The summed E-state index contributed by atoms with van der Waals surface area (Å²) in [5.41, 5.74) is 2.19. The number of phenols is 2. The molecule has 4 fully saturated rings. The molecule has 0 radical (unpaired) electrons. The van der Waals surface area contributed by atoms with Crippen LogP contribution in [0.15, 0.2) is 26.2 Å². The third kappa shape index (κ3) is 5.93. The van der Waals surface area contributed by atoms with Gasteiger partial charge in [-0.1, -0.05) is 16.8 Å². The number of oxime groups is 1. The maximum atomic E-state index is 13.7. The molecule has 19 nitrogen and oxygen atoms in total. The molecule has 54 heavy (non-hydrogen) atoms. The Kier molecular flexibility index (Phi) is 9.13. The number of aromatic hydroxyl groups is 2. The molecule has 4 aliphatic rings. The first-order chi connectivity index (χ1) is 25.4. The molecule has 2 aromatic heterocycles. The van der Waals surface area contributed by atoms with Crippen molar-refractivity contribution >= 4 is 80.2 Å². The van der Waals surface area contributed by atoms with E-state index in [1.54, 1.807) is 0 Å². The monoisotopic (exact) mass is 807 g/mol. The number of quaternary nitrogens is 1. The Morgan fingerprint density at radius 2 is 1.93 bits per heavy atom. The van der Waals surface area contributed by atoms with Gasteiger partial charge in [0, 0.05) is 36.1 Å². The van der Waals surface area contributed by atoms with Gasteiger partial charge in [-0.15, -0.1) is 23.1 Å². The minimum Gasteiger partial charge on any atom is -0.504 e. The number of carboxylic acids is 2. The second kappa shape index (κ2) is 13.2. The number of phenolic OH excluding ortho intramolecular Hbond substituents is 2. The number of aryl methyl sites for hydroxylation is 1. The maximum absolute atomic E-state index is 13.7. The van der Waals surface area contributed by atoms with Gasteiger partial charge in [0.1, 0.15) is 28.2 Å². The molecular formula is C32H36ClN8O11S2+. The number of piperidine rings is 1. The molecule has 1 aromatic carbocycles. The Morgan fingerprint density at radius 1 is 1.20 bits per heavy atom. The summed E-state index contributed by atoms with van der Waals surface area (Å²) < 4.78 is 2.60. The average molecular weight is 808 g/mol. The first-order valence-electron chi connectivity index (χ1n) is 16.8. The summed E-state index contributed by atoms with van der Waals surface area (Å²) in [6, 6.07) is -1.24. The molecule has 3 aromatic rings. The zero-order valence-electron chi connectivity index (χ0n) is 29.0. The lowest BCUT2D eigenvalue weighted by molar-refractivity contribution is -0.925. The number of β-lactam (4-membered cyclic amide) rings is 1. The lowest BCUT2D eigenvalue weighted by Gasteiger charge is -2.59. The van der Waals surface area contributed by atoms with Gasteiger partial charge < -0.3 is 45.7 Å². The first-order valence-corrected chi connectivity index (χ1v) is 19.0. The van der Waals surface area contributed by atoms with Crippen molar-refractivity contribution in [3.8, 4) is 11.5 Å². The van der Waals surface area contributed by atoms with Crippen LogP contribution in [-0.4, -0.2) is 128 Å². The number of nitrogens with one attached hydrogen (secondary N) is 1. The van der Waals surface area contributed by atoms with Crippen molar-refractivity contribution in [2.75, 3.05) is 31.9 Å². The van der Waals surface area contributed by atoms with Crippen LogP contribution in [0.4, 0.5) is 5.13 Å². The lowest BCUT2D eigenvalue weighted by Crippen LogP contribution is -2.79. The van der Waals surface area contributed by atoms with Crippen molar-refractivity contribution in [2.24, 2.45) is 24.0 Å². The van der Waals surface area contributed by atoms with Crippen molar-refractivity contribution in [1.82, 2.24) is 24.3 Å². The number of thiazole rings is 1. The Bertz CT molecular complexity index is 2290. The zero-order chi connectivity index (χ0) is 39.2. The van der Waals surface area contributed by atoms with E-state index in [1.807, 2.05) is 0 Å². The summed E-state index contributed by atoms with van der Waals surface area (Å²) in [7, 11) is 1.42. The van der Waals surface area contributed by atoms with Crippen molar-refractivity contribution < 1.29 is 48.9 Å². The van der Waals surface area contributed by atoms with Crippen LogP contribution >= 0.6 is 34.7 Å². The van der Waals surface area contributed by atoms with Gasteiger partial charge in [-0.3, -0.25) is 23.5 Å². The van der Waals surface area contributed by atoms with E-state index in [0.717, 1.165) is 33.0 Å². The third-order valence-corrected chi connectivity index (χ3v) is 13.8. The van der Waals surface area contributed by atoms with Gasteiger partial charge in [0.25, 0.3) is 11.5 Å². The fraction of sp³-hybridized carbons (Fsp3) is 0.500. The summed E-state index contributed by atoms with van der Waals surface area (Å²) in [4.78, 5) is 89.2. The number of hydrogen-bond acceptors (Lipinski definition) is 14. The second-order valence-corrected chi connectivity index (χ2v) is 17.1. The number of amides is 2. The first kappa shape index (κ1) is 37.5. The number of nitrogen functional groups attached to an aromatic ring is 1. The largest absolute Gasteiger partial charge is 0.504 e. The number of hydrogen-bond donors (Lipinski definition) is 6. The number of aliphatic carboxylic acids is 2. The van der Waals surface area contributed by atoms with Gasteiger partial charge in [-0.05, 0) is 13.8 Å². The van der Waals surface area contributed by atoms with Crippen LogP contribution < -0.4 is 22.3 Å². The molecule has 7 atom stereocenters. The van der Waals surface area contributed by atoms with Crippen LogP contribution in [0.2, 0.25) is 5.02 Å². The summed E-state index contributed by atoms with van der Waals surface area (Å²) >= 11 is 8.67. The van der Waals surface area contributed by atoms with Crippen molar-refractivity contribution in [3.63, 3.8) is 0 Å². The minimum atomic E-state index is -1.81. The Hall–Kier alpha value is -4.86. The second-order valence-electron chi connectivity index (χ2n) is 14.5. The number of carboxylic acid groups (broad SMARTS) is 2. The molecule has 0 aliphatic carbocycles. The highest BCUT2D eigenvalue weighted by Gasteiger charge is 2.66. The molecule has 0 spiro atoms. The Morgan fingerprint density at radius 3 is 2.57 bits per heavy atom. The van der Waals surface area contributed by atoms with Gasteiger partial charge >= 0.3 is 17.6 Å². The predicted octanol–water partition coefficient (Wildman–Crippen LogP) is -0.224. The van der Waals surface area contributed by atoms with Crippen LogP contribution in [-0.2, 0) is 37.6 Å². The molecule has 4 aliphatic heterocycles. The maximum Gasteiger partial charge on any atom is 0.350 e. The fourth-order valence-electron chi connectivity index (χ4n) is 8.07. The SMILES string of the molecule is Cn1c(=O)n(CC[N+]23CCC(C2)[C@@H]2S[C@@H]4[C@H](NC(=O)/C(=N\OC(C)(C)C(=O)O)c5csc(N)n5)C(=O)N4C(C(=O)O)C2C3)c(=O)c2c(Cl)c(O)c(O)cc21. The number of aromatic nitrogens is 3. The van der Waals surface area contributed by atoms with E-state index in [9.17, 15) is 49.2 Å². The van der Waals surface area contributed by atoms with E-state index in [2.05, 4.69) is 15.5 Å². The number of rotatable bonds is 10. The molecule has 2 amide bonds. The van der Waals surface area contributed by atoms with E-state index < -0.39 is 81.2 Å². The van der Waals surface area contributed by atoms with Crippen molar-refractivity contribution in [1.29, 1.82) is 0 Å². The van der Waals surface area contributed by atoms with Crippen LogP contribution in [0.25, 0.3) is 10.9 Å². The fourth-order valence-corrected chi connectivity index (χ4v) is 10.8. The lowest BCUT2D eigenvalue weighted by atomic mass is 9.81. The number of carbonyl (C=O) groups is 4. The van der Waals surface area contributed by atoms with E-state index in [0.29, 0.717) is 30.7 Å². The number of anilines is 1. The molecule has 7 N–H and O–H groups in total. The van der Waals surface area contributed by atoms with Crippen molar-refractivity contribution in [3.05, 3.63) is 43.0 Å². The predicted molar refractivity (Wildman–Crippen MR) is 194 cm³/mol. The topological polar surface area (TPSA) is 269 Å². The summed E-state index contributed by atoms with van der Waals surface area (Å²) in [5.74, 6) is -5.77. The number of benzene rings is 1. The van der Waals surface area contributed by atoms with Crippen LogP contribution in [0.1, 0.15) is 26.0 Å². The van der Waals surface area contributed by atoms with E-state index in [1.165, 1.54) is 42.9 Å². The number of halogens is 1. The molecule has 6 heterocycles. The van der Waals surface area contributed by atoms with Crippen molar-refractivity contribution in [2.45, 2.75) is 55.1 Å². The van der Waals surface area contributed by atoms with E-state index >= 15 is 0 Å². The van der Waals surface area contributed by atoms with Crippen LogP contribution in [0.5, 0.6) is 11.5 Å². The molecule has 4 unspecified atom stereocenters. The Balaban J connectivity index is 1.11. The van der Waals surface area contributed by atoms with E-state index in [4.69, 9.17) is 22.2 Å². The summed E-state index contributed by atoms with van der Waals surface area (Å²) in [6.45, 7) is 4.38. The number of thioether (sulfide) groups is 1. The summed E-state index contributed by atoms with van der Waals surface area (Å²) in [6.07, 6.45) is 0.723. The van der Waals surface area contributed by atoms with Gasteiger partial charge in [0.05, 0.1) is 49.5 Å². The smallest absolute Gasteiger partial charge is 0.350 e.